The van der Waals surface area contributed by atoms with E-state index in [1.165, 1.54) is 0 Å². The van der Waals surface area contributed by atoms with Crippen LogP contribution >= 0.6 is 0 Å². The van der Waals surface area contributed by atoms with Crippen LogP contribution in [0.25, 0.3) is 10.8 Å². The van der Waals surface area contributed by atoms with E-state index in [9.17, 15) is 9.90 Å². The van der Waals surface area contributed by atoms with Crippen molar-refractivity contribution >= 4 is 16.7 Å². The maximum absolute atomic E-state index is 11.7. The van der Waals surface area contributed by atoms with Crippen molar-refractivity contribution in [3.63, 3.8) is 0 Å². The van der Waals surface area contributed by atoms with E-state index < -0.39 is 12.3 Å². The van der Waals surface area contributed by atoms with E-state index in [2.05, 4.69) is 0 Å². The lowest BCUT2D eigenvalue weighted by atomic mass is 9.96. The highest BCUT2D eigenvalue weighted by atomic mass is 16.6. The van der Waals surface area contributed by atoms with Gasteiger partial charge in [-0.05, 0) is 12.1 Å². The van der Waals surface area contributed by atoms with Gasteiger partial charge in [0.1, 0.15) is 5.75 Å². The highest BCUT2D eigenvalue weighted by Gasteiger charge is 2.27. The van der Waals surface area contributed by atoms with Crippen molar-refractivity contribution in [1.82, 2.24) is 0 Å². The zero-order chi connectivity index (χ0) is 12.0. The van der Waals surface area contributed by atoms with Gasteiger partial charge in [0.15, 0.2) is 0 Å². The quantitative estimate of drug-likeness (QED) is 0.761. The summed E-state index contributed by atoms with van der Waals surface area (Å²) in [6, 6.07) is 8.76. The lowest BCUT2D eigenvalue weighted by Crippen LogP contribution is -2.17. The molecule has 0 fully saturated rings. The number of carbonyl (C=O) groups excluding carboxylic acids is 1. The molecular formula is C13H10O4. The zero-order valence-corrected chi connectivity index (χ0v) is 9.14. The molecule has 0 radical (unpaired) electrons. The van der Waals surface area contributed by atoms with E-state index in [0.717, 1.165) is 5.39 Å². The summed E-state index contributed by atoms with van der Waals surface area (Å²) in [5.41, 5.74) is 1.05. The molecule has 2 aromatic rings. The smallest absolute Gasteiger partial charge is 0.341 e. The van der Waals surface area contributed by atoms with Crippen molar-refractivity contribution in [2.75, 3.05) is 7.11 Å². The largest absolute Gasteiger partial charge is 0.496 e. The summed E-state index contributed by atoms with van der Waals surface area (Å²) in [6.45, 7) is 0. The molecule has 0 saturated heterocycles. The van der Waals surface area contributed by atoms with E-state index in [-0.39, 0.29) is 0 Å². The van der Waals surface area contributed by atoms with Crippen LogP contribution in [0.1, 0.15) is 22.2 Å². The molecule has 0 spiro atoms. The third-order valence-corrected chi connectivity index (χ3v) is 2.96. The normalized spacial score (nSPS) is 18.0. The van der Waals surface area contributed by atoms with Gasteiger partial charge in [-0.3, -0.25) is 0 Å². The molecule has 0 aromatic heterocycles. The number of hydrogen-bond acceptors (Lipinski definition) is 4. The van der Waals surface area contributed by atoms with Gasteiger partial charge in [-0.2, -0.15) is 0 Å². The maximum Gasteiger partial charge on any atom is 0.341 e. The third-order valence-electron chi connectivity index (χ3n) is 2.96. The molecule has 4 heteroatoms. The molecule has 0 saturated carbocycles. The molecule has 0 amide bonds. The Morgan fingerprint density at radius 2 is 2.12 bits per heavy atom. The first-order chi connectivity index (χ1) is 8.22. The lowest BCUT2D eigenvalue weighted by molar-refractivity contribution is -0.0686. The fraction of sp³-hybridized carbons (Fsp3) is 0.154. The highest BCUT2D eigenvalue weighted by molar-refractivity contribution is 6.09. The summed E-state index contributed by atoms with van der Waals surface area (Å²) in [4.78, 5) is 11.7. The van der Waals surface area contributed by atoms with Crippen LogP contribution < -0.4 is 4.74 Å². The van der Waals surface area contributed by atoms with Gasteiger partial charge in [-0.25, -0.2) is 4.79 Å². The van der Waals surface area contributed by atoms with Crippen LogP contribution in [-0.4, -0.2) is 18.2 Å². The maximum atomic E-state index is 11.7. The van der Waals surface area contributed by atoms with Crippen LogP contribution in [0.15, 0.2) is 30.3 Å². The second-order valence-corrected chi connectivity index (χ2v) is 3.84. The SMILES string of the molecule is COc1ccc2c3c(cccc13)C(O)OC2=O. The van der Waals surface area contributed by atoms with E-state index in [1.807, 2.05) is 6.07 Å². The van der Waals surface area contributed by atoms with Crippen LogP contribution in [0.5, 0.6) is 5.75 Å². The Kier molecular flexibility index (Phi) is 2.06. The predicted octanol–water partition coefficient (Wildman–Crippen LogP) is 2.01. The number of aliphatic hydroxyl groups excluding tert-OH is 1. The molecule has 0 aliphatic carbocycles. The van der Waals surface area contributed by atoms with E-state index in [0.29, 0.717) is 22.3 Å². The number of hydrogen-bond donors (Lipinski definition) is 1. The minimum atomic E-state index is -1.20. The van der Waals surface area contributed by atoms with Gasteiger partial charge in [-0.15, -0.1) is 0 Å². The van der Waals surface area contributed by atoms with Crippen LogP contribution in [-0.2, 0) is 4.74 Å². The van der Waals surface area contributed by atoms with Crippen molar-refractivity contribution in [3.8, 4) is 5.75 Å². The van der Waals surface area contributed by atoms with Crippen LogP contribution in [0.4, 0.5) is 0 Å². The van der Waals surface area contributed by atoms with Crippen molar-refractivity contribution in [3.05, 3.63) is 41.5 Å². The molecule has 86 valence electrons. The lowest BCUT2D eigenvalue weighted by Gasteiger charge is -2.22. The van der Waals surface area contributed by atoms with Crippen LogP contribution in [0, 0.1) is 0 Å². The molecule has 1 heterocycles. The fourth-order valence-electron chi connectivity index (χ4n) is 2.19. The summed E-state index contributed by atoms with van der Waals surface area (Å²) in [5.74, 6) is 0.163. The van der Waals surface area contributed by atoms with Gasteiger partial charge >= 0.3 is 5.97 Å². The van der Waals surface area contributed by atoms with Gasteiger partial charge in [-0.1, -0.05) is 18.2 Å². The topological polar surface area (TPSA) is 55.8 Å². The predicted molar refractivity (Wildman–Crippen MR) is 60.9 cm³/mol. The zero-order valence-electron chi connectivity index (χ0n) is 9.14. The average molecular weight is 230 g/mol. The van der Waals surface area contributed by atoms with Crippen molar-refractivity contribution in [2.24, 2.45) is 0 Å². The van der Waals surface area contributed by atoms with Gasteiger partial charge in [0, 0.05) is 16.3 Å². The molecule has 4 nitrogen and oxygen atoms in total. The summed E-state index contributed by atoms with van der Waals surface area (Å²) in [6.07, 6.45) is -1.20. The Balaban J connectivity index is 2.47. The van der Waals surface area contributed by atoms with Crippen LogP contribution in [0.2, 0.25) is 0 Å². The number of cyclic esters (lactones) is 1. The molecule has 1 aliphatic rings. The summed E-state index contributed by atoms with van der Waals surface area (Å²) in [5, 5.41) is 11.2. The van der Waals surface area contributed by atoms with Gasteiger partial charge in [0.25, 0.3) is 0 Å². The first-order valence-electron chi connectivity index (χ1n) is 5.21. The third kappa shape index (κ3) is 1.31. The fourth-order valence-corrected chi connectivity index (χ4v) is 2.19. The number of rotatable bonds is 1. The minimum absolute atomic E-state index is 0.460. The average Bonchev–Trinajstić information content (AvgIpc) is 2.35. The number of carbonyl (C=O) groups is 1. The van der Waals surface area contributed by atoms with E-state index >= 15 is 0 Å². The summed E-state index contributed by atoms with van der Waals surface area (Å²) < 4.78 is 10.1. The van der Waals surface area contributed by atoms with Crippen molar-refractivity contribution < 1.29 is 19.4 Å². The van der Waals surface area contributed by atoms with Gasteiger partial charge in [0.2, 0.25) is 6.29 Å². The van der Waals surface area contributed by atoms with Crippen LogP contribution in [0.3, 0.4) is 0 Å². The first-order valence-corrected chi connectivity index (χ1v) is 5.21. The van der Waals surface area contributed by atoms with Gasteiger partial charge < -0.3 is 14.6 Å². The van der Waals surface area contributed by atoms with E-state index in [4.69, 9.17) is 9.47 Å². The Labute approximate surface area is 97.4 Å². The van der Waals surface area contributed by atoms with E-state index in [1.54, 1.807) is 31.4 Å². The molecule has 1 unspecified atom stereocenters. The molecule has 1 atom stereocenters. The molecule has 1 aliphatic heterocycles. The Bertz CT molecular complexity index is 618. The molecule has 2 aromatic carbocycles. The number of benzene rings is 2. The number of aliphatic hydroxyl groups is 1. The Morgan fingerprint density at radius 3 is 2.88 bits per heavy atom. The highest BCUT2D eigenvalue weighted by Crippen LogP contribution is 2.37. The van der Waals surface area contributed by atoms with Crippen molar-refractivity contribution in [1.29, 1.82) is 0 Å². The van der Waals surface area contributed by atoms with Gasteiger partial charge in [0.05, 0.1) is 12.7 Å². The second-order valence-electron chi connectivity index (χ2n) is 3.84. The first kappa shape index (κ1) is 10.1. The number of esters is 1. The molecule has 0 bridgehead atoms. The number of methoxy groups -OCH3 is 1. The Hall–Kier alpha value is -2.07. The monoisotopic (exact) mass is 230 g/mol. The molecule has 1 N–H and O–H groups in total. The van der Waals surface area contributed by atoms with Crippen molar-refractivity contribution in [2.45, 2.75) is 6.29 Å². The number of ether oxygens (including phenoxy) is 2. The second kappa shape index (κ2) is 3.46. The minimum Gasteiger partial charge on any atom is -0.496 e. The molecule has 17 heavy (non-hydrogen) atoms. The molecule has 3 rings (SSSR count). The Morgan fingerprint density at radius 1 is 1.29 bits per heavy atom. The molecular weight excluding hydrogens is 220 g/mol. The standard InChI is InChI=1S/C13H10O4/c1-16-10-6-5-9-11-7(10)3-2-4-8(11)12(14)17-13(9)15/h2-6,12,14H,1H3. The summed E-state index contributed by atoms with van der Waals surface area (Å²) >= 11 is 0. The summed E-state index contributed by atoms with van der Waals surface area (Å²) in [7, 11) is 1.57.